The molecule has 0 aromatic heterocycles. The van der Waals surface area contributed by atoms with Gasteiger partial charge in [-0.3, -0.25) is 9.69 Å². The third kappa shape index (κ3) is 4.33. The van der Waals surface area contributed by atoms with Gasteiger partial charge in [-0.05, 0) is 38.3 Å². The van der Waals surface area contributed by atoms with E-state index in [1.54, 1.807) is 0 Å². The SMILES string of the molecule is CC1CC(N(C)CC2CNC(=O)C2)CCN1Cc1ccccc1. The molecule has 3 rings (SSSR count). The van der Waals surface area contributed by atoms with Crippen LogP contribution in [-0.2, 0) is 11.3 Å². The molecule has 3 unspecified atom stereocenters. The molecule has 0 aliphatic carbocycles. The fourth-order valence-electron chi connectivity index (χ4n) is 4.00. The van der Waals surface area contributed by atoms with E-state index in [0.29, 0.717) is 24.4 Å². The molecule has 1 aromatic carbocycles. The number of hydrogen-bond donors (Lipinski definition) is 1. The van der Waals surface area contributed by atoms with Crippen molar-refractivity contribution in [2.45, 2.75) is 44.8 Å². The average Bonchev–Trinajstić information content (AvgIpc) is 2.95. The number of likely N-dealkylation sites (tertiary alicyclic amines) is 1. The minimum atomic E-state index is 0.217. The van der Waals surface area contributed by atoms with E-state index in [1.807, 2.05) is 0 Å². The molecule has 2 saturated heterocycles. The third-order valence-corrected chi connectivity index (χ3v) is 5.45. The standard InChI is InChI=1S/C19H29N3O/c1-15-10-18(21(2)13-17-11-19(23)20-12-17)8-9-22(15)14-16-6-4-3-5-7-16/h3-7,15,17-18H,8-14H2,1-2H3,(H,20,23). The minimum absolute atomic E-state index is 0.217. The quantitative estimate of drug-likeness (QED) is 0.904. The van der Waals surface area contributed by atoms with Crippen LogP contribution in [-0.4, -0.2) is 54.5 Å². The second-order valence-electron chi connectivity index (χ2n) is 7.30. The highest BCUT2D eigenvalue weighted by atomic mass is 16.1. The second kappa shape index (κ2) is 7.45. The summed E-state index contributed by atoms with van der Waals surface area (Å²) >= 11 is 0. The summed E-state index contributed by atoms with van der Waals surface area (Å²) in [6, 6.07) is 12.0. The number of carbonyl (C=O) groups excluding carboxylic acids is 1. The predicted octanol–water partition coefficient (Wildman–Crippen LogP) is 2.11. The lowest BCUT2D eigenvalue weighted by Crippen LogP contribution is -2.48. The van der Waals surface area contributed by atoms with E-state index in [0.717, 1.165) is 26.2 Å². The van der Waals surface area contributed by atoms with Gasteiger partial charge in [-0.15, -0.1) is 0 Å². The highest BCUT2D eigenvalue weighted by Crippen LogP contribution is 2.24. The van der Waals surface area contributed by atoms with Gasteiger partial charge in [0.15, 0.2) is 0 Å². The second-order valence-corrected chi connectivity index (χ2v) is 7.30. The van der Waals surface area contributed by atoms with Crippen molar-refractivity contribution in [1.82, 2.24) is 15.1 Å². The van der Waals surface area contributed by atoms with E-state index in [-0.39, 0.29) is 5.91 Å². The monoisotopic (exact) mass is 315 g/mol. The lowest BCUT2D eigenvalue weighted by molar-refractivity contribution is -0.119. The fraction of sp³-hybridized carbons (Fsp3) is 0.632. The molecular weight excluding hydrogens is 286 g/mol. The maximum absolute atomic E-state index is 11.3. The highest BCUT2D eigenvalue weighted by Gasteiger charge is 2.30. The van der Waals surface area contributed by atoms with Crippen LogP contribution in [0.25, 0.3) is 0 Å². The summed E-state index contributed by atoms with van der Waals surface area (Å²) in [6.45, 7) is 6.45. The Kier molecular flexibility index (Phi) is 5.34. The normalized spacial score (nSPS) is 29.0. The summed E-state index contributed by atoms with van der Waals surface area (Å²) in [6.07, 6.45) is 3.14. The van der Waals surface area contributed by atoms with Crippen molar-refractivity contribution in [3.63, 3.8) is 0 Å². The van der Waals surface area contributed by atoms with Crippen LogP contribution >= 0.6 is 0 Å². The number of hydrogen-bond acceptors (Lipinski definition) is 3. The van der Waals surface area contributed by atoms with Gasteiger partial charge >= 0.3 is 0 Å². The maximum Gasteiger partial charge on any atom is 0.220 e. The minimum Gasteiger partial charge on any atom is -0.356 e. The van der Waals surface area contributed by atoms with Crippen LogP contribution in [0.1, 0.15) is 31.7 Å². The van der Waals surface area contributed by atoms with Gasteiger partial charge in [-0.25, -0.2) is 0 Å². The van der Waals surface area contributed by atoms with Gasteiger partial charge in [0.1, 0.15) is 0 Å². The van der Waals surface area contributed by atoms with Crippen molar-refractivity contribution in [2.75, 3.05) is 26.7 Å². The van der Waals surface area contributed by atoms with Gasteiger partial charge < -0.3 is 10.2 Å². The Morgan fingerprint density at radius 1 is 1.30 bits per heavy atom. The van der Waals surface area contributed by atoms with Crippen LogP contribution in [0.15, 0.2) is 30.3 Å². The molecule has 1 N–H and O–H groups in total. The highest BCUT2D eigenvalue weighted by molar-refractivity contribution is 5.78. The number of carbonyl (C=O) groups is 1. The molecular formula is C19H29N3O. The van der Waals surface area contributed by atoms with E-state index in [9.17, 15) is 4.79 Å². The summed E-state index contributed by atoms with van der Waals surface area (Å²) < 4.78 is 0. The number of nitrogens with zero attached hydrogens (tertiary/aromatic N) is 2. The number of rotatable bonds is 5. The Morgan fingerprint density at radius 3 is 2.74 bits per heavy atom. The molecule has 23 heavy (non-hydrogen) atoms. The first-order valence-electron chi connectivity index (χ1n) is 8.86. The van der Waals surface area contributed by atoms with Crippen LogP contribution in [0, 0.1) is 5.92 Å². The Bertz CT molecular complexity index is 519. The predicted molar refractivity (Wildman–Crippen MR) is 93.1 cm³/mol. The van der Waals surface area contributed by atoms with Crippen LogP contribution in [0.5, 0.6) is 0 Å². The third-order valence-electron chi connectivity index (χ3n) is 5.45. The van der Waals surface area contributed by atoms with E-state index < -0.39 is 0 Å². The van der Waals surface area contributed by atoms with E-state index in [1.165, 1.54) is 18.4 Å². The van der Waals surface area contributed by atoms with Gasteiger partial charge in [-0.2, -0.15) is 0 Å². The molecule has 0 radical (unpaired) electrons. The largest absolute Gasteiger partial charge is 0.356 e. The first-order chi connectivity index (χ1) is 11.1. The fourth-order valence-corrected chi connectivity index (χ4v) is 4.00. The smallest absolute Gasteiger partial charge is 0.220 e. The molecule has 2 heterocycles. The summed E-state index contributed by atoms with van der Waals surface area (Å²) in [4.78, 5) is 16.4. The lowest BCUT2D eigenvalue weighted by atomic mass is 9.95. The Morgan fingerprint density at radius 2 is 2.09 bits per heavy atom. The van der Waals surface area contributed by atoms with Crippen LogP contribution < -0.4 is 5.32 Å². The van der Waals surface area contributed by atoms with E-state index in [2.05, 4.69) is 59.4 Å². The maximum atomic E-state index is 11.3. The molecule has 0 saturated carbocycles. The van der Waals surface area contributed by atoms with Crippen LogP contribution in [0.2, 0.25) is 0 Å². The lowest BCUT2D eigenvalue weighted by Gasteiger charge is -2.41. The Labute approximate surface area is 139 Å². The van der Waals surface area contributed by atoms with Gasteiger partial charge in [-0.1, -0.05) is 30.3 Å². The molecule has 3 atom stereocenters. The zero-order valence-corrected chi connectivity index (χ0v) is 14.4. The van der Waals surface area contributed by atoms with Crippen LogP contribution in [0.4, 0.5) is 0 Å². The zero-order valence-electron chi connectivity index (χ0n) is 14.4. The van der Waals surface area contributed by atoms with Crippen molar-refractivity contribution in [3.8, 4) is 0 Å². The Hall–Kier alpha value is -1.39. The summed E-state index contributed by atoms with van der Waals surface area (Å²) in [5.74, 6) is 0.708. The Balaban J connectivity index is 1.48. The number of piperidine rings is 1. The first kappa shape index (κ1) is 16.5. The molecule has 1 amide bonds. The molecule has 4 nitrogen and oxygen atoms in total. The molecule has 126 valence electrons. The molecule has 2 fully saturated rings. The molecule has 2 aliphatic heterocycles. The van der Waals surface area contributed by atoms with Crippen molar-refractivity contribution in [2.24, 2.45) is 5.92 Å². The average molecular weight is 315 g/mol. The molecule has 4 heteroatoms. The molecule has 0 bridgehead atoms. The zero-order chi connectivity index (χ0) is 16.2. The summed E-state index contributed by atoms with van der Waals surface area (Å²) in [5.41, 5.74) is 1.40. The first-order valence-corrected chi connectivity index (χ1v) is 8.86. The molecule has 0 spiro atoms. The van der Waals surface area contributed by atoms with Gasteiger partial charge in [0.05, 0.1) is 0 Å². The van der Waals surface area contributed by atoms with E-state index in [4.69, 9.17) is 0 Å². The van der Waals surface area contributed by atoms with Crippen molar-refractivity contribution in [1.29, 1.82) is 0 Å². The van der Waals surface area contributed by atoms with E-state index >= 15 is 0 Å². The number of benzene rings is 1. The van der Waals surface area contributed by atoms with Crippen molar-refractivity contribution >= 4 is 5.91 Å². The van der Waals surface area contributed by atoms with Crippen molar-refractivity contribution < 1.29 is 4.79 Å². The number of nitrogens with one attached hydrogen (secondary N) is 1. The summed E-state index contributed by atoms with van der Waals surface area (Å²) in [5, 5.41) is 2.95. The topological polar surface area (TPSA) is 35.6 Å². The van der Waals surface area contributed by atoms with Crippen LogP contribution in [0.3, 0.4) is 0 Å². The molecule has 1 aromatic rings. The van der Waals surface area contributed by atoms with Crippen molar-refractivity contribution in [3.05, 3.63) is 35.9 Å². The van der Waals surface area contributed by atoms with Gasteiger partial charge in [0.25, 0.3) is 0 Å². The summed E-state index contributed by atoms with van der Waals surface area (Å²) in [7, 11) is 2.23. The number of amides is 1. The molecule has 2 aliphatic rings. The van der Waals surface area contributed by atoms with Gasteiger partial charge in [0, 0.05) is 44.7 Å². The van der Waals surface area contributed by atoms with Gasteiger partial charge in [0.2, 0.25) is 5.91 Å².